The molecular formula is C23H30O3. The van der Waals surface area contributed by atoms with Crippen LogP contribution in [0.5, 0.6) is 11.5 Å². The standard InChI is InChI=1S/C23H30O3/c1-4-6-7-8-19-9-11-20(12-10-19)23(24)26-22-15-13-21(14-16-22)25-17-18(3)5-2/h9-16,18H,4-8,17H2,1-3H3/t18-/m0/s1. The van der Waals surface area contributed by atoms with Gasteiger partial charge in [0, 0.05) is 0 Å². The number of hydrogen-bond donors (Lipinski definition) is 0. The molecule has 0 N–H and O–H groups in total. The average Bonchev–Trinajstić information content (AvgIpc) is 2.68. The van der Waals surface area contributed by atoms with E-state index < -0.39 is 0 Å². The number of benzene rings is 2. The summed E-state index contributed by atoms with van der Waals surface area (Å²) in [6.45, 7) is 7.20. The third-order valence-electron chi connectivity index (χ3n) is 4.52. The highest BCUT2D eigenvalue weighted by molar-refractivity contribution is 5.91. The Labute approximate surface area is 157 Å². The van der Waals surface area contributed by atoms with Crippen LogP contribution in [-0.4, -0.2) is 12.6 Å². The van der Waals surface area contributed by atoms with Crippen molar-refractivity contribution in [1.82, 2.24) is 0 Å². The van der Waals surface area contributed by atoms with E-state index in [0.29, 0.717) is 23.8 Å². The maximum atomic E-state index is 12.3. The van der Waals surface area contributed by atoms with Gasteiger partial charge >= 0.3 is 5.97 Å². The fourth-order valence-electron chi connectivity index (χ4n) is 2.51. The van der Waals surface area contributed by atoms with E-state index in [1.807, 2.05) is 36.4 Å². The van der Waals surface area contributed by atoms with Crippen molar-refractivity contribution in [3.63, 3.8) is 0 Å². The first-order valence-corrected chi connectivity index (χ1v) is 9.66. The Morgan fingerprint density at radius 2 is 1.58 bits per heavy atom. The largest absolute Gasteiger partial charge is 0.493 e. The van der Waals surface area contributed by atoms with Crippen LogP contribution in [-0.2, 0) is 6.42 Å². The minimum absolute atomic E-state index is 0.335. The number of rotatable bonds is 10. The molecule has 2 aromatic carbocycles. The molecule has 140 valence electrons. The molecule has 0 aliphatic rings. The summed E-state index contributed by atoms with van der Waals surface area (Å²) in [5.41, 5.74) is 1.83. The summed E-state index contributed by atoms with van der Waals surface area (Å²) < 4.78 is 11.2. The minimum Gasteiger partial charge on any atom is -0.493 e. The quantitative estimate of drug-likeness (QED) is 0.295. The molecule has 0 aliphatic carbocycles. The van der Waals surface area contributed by atoms with E-state index in [1.54, 1.807) is 12.1 Å². The zero-order valence-corrected chi connectivity index (χ0v) is 16.2. The summed E-state index contributed by atoms with van der Waals surface area (Å²) >= 11 is 0. The lowest BCUT2D eigenvalue weighted by molar-refractivity contribution is 0.0734. The van der Waals surface area contributed by atoms with Crippen molar-refractivity contribution in [3.05, 3.63) is 59.7 Å². The van der Waals surface area contributed by atoms with Crippen LogP contribution in [0.15, 0.2) is 48.5 Å². The first kappa shape index (κ1) is 20.0. The number of esters is 1. The fraction of sp³-hybridized carbons (Fsp3) is 0.435. The van der Waals surface area contributed by atoms with E-state index in [2.05, 4.69) is 20.8 Å². The molecule has 0 fully saturated rings. The third-order valence-corrected chi connectivity index (χ3v) is 4.52. The molecule has 3 heteroatoms. The van der Waals surface area contributed by atoms with Crippen molar-refractivity contribution in [2.45, 2.75) is 52.9 Å². The maximum Gasteiger partial charge on any atom is 0.343 e. The van der Waals surface area contributed by atoms with Crippen LogP contribution in [0.3, 0.4) is 0 Å². The molecule has 0 heterocycles. The molecule has 26 heavy (non-hydrogen) atoms. The van der Waals surface area contributed by atoms with Gasteiger partial charge in [-0.2, -0.15) is 0 Å². The molecule has 0 saturated heterocycles. The van der Waals surface area contributed by atoms with Gasteiger partial charge in [0.1, 0.15) is 11.5 Å². The molecule has 0 spiro atoms. The minimum atomic E-state index is -0.335. The van der Waals surface area contributed by atoms with Gasteiger partial charge in [-0.05, 0) is 60.7 Å². The zero-order chi connectivity index (χ0) is 18.8. The maximum absolute atomic E-state index is 12.3. The van der Waals surface area contributed by atoms with E-state index in [4.69, 9.17) is 9.47 Å². The highest BCUT2D eigenvalue weighted by Crippen LogP contribution is 2.20. The summed E-state index contributed by atoms with van der Waals surface area (Å²) in [5, 5.41) is 0. The van der Waals surface area contributed by atoms with Crippen LogP contribution in [0.1, 0.15) is 62.4 Å². The monoisotopic (exact) mass is 354 g/mol. The molecule has 0 bridgehead atoms. The van der Waals surface area contributed by atoms with E-state index >= 15 is 0 Å². The third kappa shape index (κ3) is 6.55. The molecule has 2 rings (SSSR count). The molecule has 0 aromatic heterocycles. The Morgan fingerprint density at radius 1 is 0.923 bits per heavy atom. The van der Waals surface area contributed by atoms with Crippen molar-refractivity contribution >= 4 is 5.97 Å². The summed E-state index contributed by atoms with van der Waals surface area (Å²) in [5.74, 6) is 1.51. The molecule has 1 atom stereocenters. The molecule has 0 amide bonds. The second-order valence-electron chi connectivity index (χ2n) is 6.84. The first-order valence-electron chi connectivity index (χ1n) is 9.66. The van der Waals surface area contributed by atoms with Gasteiger partial charge in [0.15, 0.2) is 0 Å². The van der Waals surface area contributed by atoms with E-state index in [9.17, 15) is 4.79 Å². The molecule has 0 radical (unpaired) electrons. The zero-order valence-electron chi connectivity index (χ0n) is 16.2. The highest BCUT2D eigenvalue weighted by Gasteiger charge is 2.09. The molecule has 0 saturated carbocycles. The Bertz CT molecular complexity index is 659. The number of carbonyl (C=O) groups is 1. The van der Waals surface area contributed by atoms with Crippen LogP contribution >= 0.6 is 0 Å². The lowest BCUT2D eigenvalue weighted by Gasteiger charge is -2.11. The summed E-state index contributed by atoms with van der Waals surface area (Å²) in [4.78, 5) is 12.3. The average molecular weight is 354 g/mol. The van der Waals surface area contributed by atoms with Gasteiger partial charge in [0.2, 0.25) is 0 Å². The smallest absolute Gasteiger partial charge is 0.343 e. The van der Waals surface area contributed by atoms with Crippen LogP contribution in [0.25, 0.3) is 0 Å². The number of carbonyl (C=O) groups excluding carboxylic acids is 1. The van der Waals surface area contributed by atoms with Gasteiger partial charge < -0.3 is 9.47 Å². The Kier molecular flexibility index (Phi) is 8.20. The van der Waals surface area contributed by atoms with Crippen molar-refractivity contribution in [2.24, 2.45) is 5.92 Å². The Hall–Kier alpha value is -2.29. The van der Waals surface area contributed by atoms with Crippen molar-refractivity contribution in [2.75, 3.05) is 6.61 Å². The fourth-order valence-corrected chi connectivity index (χ4v) is 2.51. The van der Waals surface area contributed by atoms with Crippen molar-refractivity contribution in [3.8, 4) is 11.5 Å². The van der Waals surface area contributed by atoms with Gasteiger partial charge in [0.25, 0.3) is 0 Å². The Balaban J connectivity index is 1.86. The van der Waals surface area contributed by atoms with Crippen LogP contribution in [0, 0.1) is 5.92 Å². The SMILES string of the molecule is CCCCCc1ccc(C(=O)Oc2ccc(OC[C@@H](C)CC)cc2)cc1. The van der Waals surface area contributed by atoms with Crippen molar-refractivity contribution in [1.29, 1.82) is 0 Å². The summed E-state index contributed by atoms with van der Waals surface area (Å²) in [6.07, 6.45) is 5.78. The second-order valence-corrected chi connectivity index (χ2v) is 6.84. The van der Waals surface area contributed by atoms with Gasteiger partial charge in [-0.1, -0.05) is 52.2 Å². The van der Waals surface area contributed by atoms with Crippen LogP contribution in [0.2, 0.25) is 0 Å². The molecule has 0 aliphatic heterocycles. The molecule has 0 unspecified atom stereocenters. The van der Waals surface area contributed by atoms with E-state index in [1.165, 1.54) is 24.8 Å². The predicted octanol–water partition coefficient (Wildman–Crippen LogP) is 6.06. The van der Waals surface area contributed by atoms with Gasteiger partial charge in [0.05, 0.1) is 12.2 Å². The van der Waals surface area contributed by atoms with Gasteiger partial charge in [-0.25, -0.2) is 4.79 Å². The highest BCUT2D eigenvalue weighted by atomic mass is 16.5. The molecular weight excluding hydrogens is 324 g/mol. The number of aryl methyl sites for hydroxylation is 1. The van der Waals surface area contributed by atoms with Gasteiger partial charge in [-0.3, -0.25) is 0 Å². The predicted molar refractivity (Wildman–Crippen MR) is 106 cm³/mol. The van der Waals surface area contributed by atoms with Crippen LogP contribution in [0.4, 0.5) is 0 Å². The van der Waals surface area contributed by atoms with Gasteiger partial charge in [-0.15, -0.1) is 0 Å². The molecule has 2 aromatic rings. The van der Waals surface area contributed by atoms with Crippen molar-refractivity contribution < 1.29 is 14.3 Å². The van der Waals surface area contributed by atoms with Crippen LogP contribution < -0.4 is 9.47 Å². The summed E-state index contributed by atoms with van der Waals surface area (Å²) in [6, 6.07) is 14.9. The second kappa shape index (κ2) is 10.6. The number of hydrogen-bond acceptors (Lipinski definition) is 3. The molecule has 3 nitrogen and oxygen atoms in total. The topological polar surface area (TPSA) is 35.5 Å². The number of ether oxygens (including phenoxy) is 2. The summed E-state index contributed by atoms with van der Waals surface area (Å²) in [7, 11) is 0. The van der Waals surface area contributed by atoms with E-state index in [0.717, 1.165) is 18.6 Å². The Morgan fingerprint density at radius 3 is 2.19 bits per heavy atom. The number of unbranched alkanes of at least 4 members (excludes halogenated alkanes) is 2. The first-order chi connectivity index (χ1) is 12.6. The van der Waals surface area contributed by atoms with E-state index in [-0.39, 0.29) is 5.97 Å². The lowest BCUT2D eigenvalue weighted by Crippen LogP contribution is -2.09. The normalized spacial score (nSPS) is 11.8. The lowest BCUT2D eigenvalue weighted by atomic mass is 10.1.